The van der Waals surface area contributed by atoms with E-state index in [1.807, 2.05) is 65.7 Å². The summed E-state index contributed by atoms with van der Waals surface area (Å²) in [6.45, 7) is 2.66. The van der Waals surface area contributed by atoms with E-state index in [2.05, 4.69) is 15.2 Å². The van der Waals surface area contributed by atoms with Crippen LogP contribution in [-0.2, 0) is 9.53 Å². The van der Waals surface area contributed by atoms with Gasteiger partial charge in [0.15, 0.2) is 0 Å². The third-order valence-corrected chi connectivity index (χ3v) is 5.41. The topological polar surface area (TPSA) is 100 Å². The Hall–Kier alpha value is -3.39. The van der Waals surface area contributed by atoms with Crippen molar-refractivity contribution < 1.29 is 14.3 Å². The highest BCUT2D eigenvalue weighted by molar-refractivity contribution is 5.82. The number of rotatable bonds is 5. The summed E-state index contributed by atoms with van der Waals surface area (Å²) in [4.78, 5) is 32.7. The number of para-hydroxylation sites is 2. The van der Waals surface area contributed by atoms with Crippen molar-refractivity contribution in [2.75, 3.05) is 31.5 Å². The molecule has 1 saturated heterocycles. The molecule has 0 saturated carbocycles. The Morgan fingerprint density at radius 3 is 2.50 bits per heavy atom. The minimum absolute atomic E-state index is 0.00687. The molecule has 2 aliphatic rings. The van der Waals surface area contributed by atoms with E-state index in [9.17, 15) is 9.59 Å². The Labute approximate surface area is 175 Å². The monoisotopic (exact) mass is 407 g/mol. The highest BCUT2D eigenvalue weighted by Crippen LogP contribution is 2.28. The fourth-order valence-corrected chi connectivity index (χ4v) is 3.81. The van der Waals surface area contributed by atoms with Crippen LogP contribution in [0.2, 0.25) is 0 Å². The molecule has 30 heavy (non-hydrogen) atoms. The van der Waals surface area contributed by atoms with Crippen LogP contribution in [0.15, 0.2) is 59.6 Å². The first-order valence-corrected chi connectivity index (χ1v) is 10.0. The Balaban J connectivity index is 1.33. The van der Waals surface area contributed by atoms with Gasteiger partial charge in [-0.3, -0.25) is 14.7 Å². The van der Waals surface area contributed by atoms with Gasteiger partial charge in [-0.2, -0.15) is 0 Å². The van der Waals surface area contributed by atoms with Gasteiger partial charge in [-0.05, 0) is 17.7 Å². The fourth-order valence-electron chi connectivity index (χ4n) is 3.81. The Morgan fingerprint density at radius 2 is 1.77 bits per heavy atom. The summed E-state index contributed by atoms with van der Waals surface area (Å²) in [6.07, 6.45) is 0.421. The first-order valence-electron chi connectivity index (χ1n) is 10.0. The van der Waals surface area contributed by atoms with E-state index < -0.39 is 12.2 Å². The normalized spacial score (nSPS) is 19.5. The number of nitrogens with one attached hydrogen (secondary N) is 1. The third kappa shape index (κ3) is 4.60. The zero-order chi connectivity index (χ0) is 20.9. The van der Waals surface area contributed by atoms with Crippen molar-refractivity contribution in [2.24, 2.45) is 10.7 Å². The van der Waals surface area contributed by atoms with Crippen LogP contribution in [0.4, 0.5) is 16.2 Å². The molecule has 0 aliphatic carbocycles. The predicted octanol–water partition coefficient (Wildman–Crippen LogP) is 2.51. The highest BCUT2D eigenvalue weighted by Gasteiger charge is 2.29. The van der Waals surface area contributed by atoms with Gasteiger partial charge in [0, 0.05) is 32.4 Å². The zero-order valence-electron chi connectivity index (χ0n) is 16.6. The quantitative estimate of drug-likeness (QED) is 0.793. The summed E-state index contributed by atoms with van der Waals surface area (Å²) in [5, 5.41) is 3.49. The number of ether oxygens (including phenoxy) is 1. The van der Waals surface area contributed by atoms with Crippen molar-refractivity contribution in [3.05, 3.63) is 60.2 Å². The smallest absolute Gasteiger partial charge is 0.405 e. The Kier molecular flexibility index (Phi) is 5.94. The van der Waals surface area contributed by atoms with E-state index in [1.165, 1.54) is 0 Å². The number of hydrogen-bond acceptors (Lipinski definition) is 6. The predicted molar refractivity (Wildman–Crippen MR) is 115 cm³/mol. The van der Waals surface area contributed by atoms with Crippen LogP contribution < -0.4 is 11.1 Å². The van der Waals surface area contributed by atoms with Crippen molar-refractivity contribution >= 4 is 29.6 Å². The van der Waals surface area contributed by atoms with Gasteiger partial charge in [0.1, 0.15) is 12.3 Å². The van der Waals surface area contributed by atoms with Crippen molar-refractivity contribution in [3.63, 3.8) is 0 Å². The molecular weight excluding hydrogens is 382 g/mol. The number of nitrogens with zero attached hydrogens (tertiary/aromatic N) is 3. The molecule has 2 aromatic carbocycles. The van der Waals surface area contributed by atoms with Gasteiger partial charge in [0.25, 0.3) is 0 Å². The Morgan fingerprint density at radius 1 is 1.07 bits per heavy atom. The van der Waals surface area contributed by atoms with E-state index in [0.717, 1.165) is 30.0 Å². The number of carbonyl (C=O) groups excluding carboxylic acids is 2. The first kappa shape index (κ1) is 19.9. The van der Waals surface area contributed by atoms with Gasteiger partial charge < -0.3 is 20.7 Å². The minimum atomic E-state index is -0.885. The number of nitrogens with two attached hydrogens (primary N) is 1. The van der Waals surface area contributed by atoms with Crippen molar-refractivity contribution in [1.29, 1.82) is 0 Å². The third-order valence-electron chi connectivity index (χ3n) is 5.41. The second-order valence-electron chi connectivity index (χ2n) is 7.34. The molecule has 0 radical (unpaired) electrons. The van der Waals surface area contributed by atoms with Gasteiger partial charge >= 0.3 is 6.09 Å². The number of anilines is 1. The lowest BCUT2D eigenvalue weighted by Gasteiger charge is -2.39. The molecule has 4 rings (SSSR count). The van der Waals surface area contributed by atoms with Crippen LogP contribution >= 0.6 is 0 Å². The summed E-state index contributed by atoms with van der Waals surface area (Å²) in [5.74, 6) is -0.0552. The molecule has 3 N–H and O–H groups in total. The van der Waals surface area contributed by atoms with Crippen LogP contribution in [0.25, 0.3) is 0 Å². The van der Waals surface area contributed by atoms with Crippen molar-refractivity contribution in [3.8, 4) is 0 Å². The maximum atomic E-state index is 12.8. The lowest BCUT2D eigenvalue weighted by Crippen LogP contribution is -2.55. The molecule has 2 aliphatic heterocycles. The van der Waals surface area contributed by atoms with Crippen LogP contribution in [0.3, 0.4) is 0 Å². The minimum Gasteiger partial charge on any atom is -0.441 e. The molecule has 0 bridgehead atoms. The van der Waals surface area contributed by atoms with Gasteiger partial charge in [-0.1, -0.05) is 42.5 Å². The molecule has 2 atom stereocenters. The van der Waals surface area contributed by atoms with Crippen molar-refractivity contribution in [2.45, 2.75) is 18.7 Å². The largest absolute Gasteiger partial charge is 0.441 e. The van der Waals surface area contributed by atoms with Crippen molar-refractivity contribution in [1.82, 2.24) is 9.80 Å². The molecule has 0 spiro atoms. The number of fused-ring (bicyclic) bond motifs is 1. The fraction of sp³-hybridized carbons (Fsp3) is 0.318. The summed E-state index contributed by atoms with van der Waals surface area (Å²) in [7, 11) is 0. The average Bonchev–Trinajstić information content (AvgIpc) is 2.78. The van der Waals surface area contributed by atoms with Crippen LogP contribution in [0.1, 0.15) is 18.1 Å². The van der Waals surface area contributed by atoms with E-state index in [0.29, 0.717) is 13.1 Å². The van der Waals surface area contributed by atoms with Crippen LogP contribution in [0, 0.1) is 0 Å². The maximum Gasteiger partial charge on any atom is 0.405 e. The molecule has 8 nitrogen and oxygen atoms in total. The molecule has 2 amide bonds. The van der Waals surface area contributed by atoms with E-state index in [-0.39, 0.29) is 18.5 Å². The standard InChI is InChI=1S/C22H25N5O3/c23-22(29)30-19(16-6-2-1-3-7-16)14-21(28)27-12-10-26(11-13-27)20-15-24-17-8-4-5-9-18(17)25-20/h1-9,15,19-20,25H,10-14H2,(H2,23,29)/t19?,20-/m1/s1. The summed E-state index contributed by atoms with van der Waals surface area (Å²) >= 11 is 0. The number of amides is 2. The summed E-state index contributed by atoms with van der Waals surface area (Å²) in [5.41, 5.74) is 7.91. The average molecular weight is 407 g/mol. The molecule has 0 aromatic heterocycles. The van der Waals surface area contributed by atoms with Gasteiger partial charge in [0.2, 0.25) is 5.91 Å². The lowest BCUT2D eigenvalue weighted by atomic mass is 10.1. The SMILES string of the molecule is NC(=O)OC(CC(=O)N1CCN([C@@H]2C=Nc3ccccc3N2)CC1)c1ccccc1. The molecule has 156 valence electrons. The van der Waals surface area contributed by atoms with Gasteiger partial charge in [0.05, 0.1) is 17.8 Å². The first-order chi connectivity index (χ1) is 14.6. The molecular formula is C22H25N5O3. The molecule has 1 unspecified atom stereocenters. The summed E-state index contributed by atoms with van der Waals surface area (Å²) < 4.78 is 5.20. The number of carbonyl (C=O) groups is 2. The number of hydrogen-bond donors (Lipinski definition) is 2. The van der Waals surface area contributed by atoms with Gasteiger partial charge in [-0.25, -0.2) is 4.79 Å². The summed E-state index contributed by atoms with van der Waals surface area (Å²) in [6, 6.07) is 17.1. The molecule has 2 aromatic rings. The second kappa shape index (κ2) is 8.96. The second-order valence-corrected chi connectivity index (χ2v) is 7.34. The number of aliphatic imine (C=N–C) groups is 1. The number of primary amides is 1. The lowest BCUT2D eigenvalue weighted by molar-refractivity contribution is -0.135. The maximum absolute atomic E-state index is 12.8. The van der Waals surface area contributed by atoms with E-state index in [1.54, 1.807) is 0 Å². The molecule has 1 fully saturated rings. The number of piperazine rings is 1. The van der Waals surface area contributed by atoms with Gasteiger partial charge in [-0.15, -0.1) is 0 Å². The van der Waals surface area contributed by atoms with E-state index in [4.69, 9.17) is 10.5 Å². The highest BCUT2D eigenvalue weighted by atomic mass is 16.6. The Bertz CT molecular complexity index is 925. The van der Waals surface area contributed by atoms with E-state index >= 15 is 0 Å². The molecule has 8 heteroatoms. The van der Waals surface area contributed by atoms with Crippen LogP contribution in [-0.4, -0.2) is 60.4 Å². The zero-order valence-corrected chi connectivity index (χ0v) is 16.6. The number of benzene rings is 2. The molecule has 2 heterocycles. The van der Waals surface area contributed by atoms with Crippen LogP contribution in [0.5, 0.6) is 0 Å².